The van der Waals surface area contributed by atoms with Gasteiger partial charge in [-0.15, -0.1) is 0 Å². The van der Waals surface area contributed by atoms with Crippen LogP contribution in [0, 0.1) is 12.8 Å². The van der Waals surface area contributed by atoms with Crippen molar-refractivity contribution in [1.82, 2.24) is 29.8 Å². The molecule has 2 aromatic heterocycles. The van der Waals surface area contributed by atoms with Gasteiger partial charge in [-0.05, 0) is 38.3 Å². The molecule has 10 heteroatoms. The Balaban J connectivity index is 1.84. The largest absolute Gasteiger partial charge is 0.356 e. The Morgan fingerprint density at radius 2 is 1.91 bits per heavy atom. The van der Waals surface area contributed by atoms with Gasteiger partial charge in [0.25, 0.3) is 5.56 Å². The first-order chi connectivity index (χ1) is 15.3. The standard InChI is InChI=1S/C22H28N6O4/c1-5-27-21(30)19(25-28(22(27)31)16-8-6-15(4)7-9-16)20-24-18(32-26-20)11-10-17(29)23-13-12-14(2)3/h6-9,14H,5,10-13H2,1-4H3,(H,23,29). The number of hydrogen-bond donors (Lipinski definition) is 1. The van der Waals surface area contributed by atoms with E-state index in [1.807, 2.05) is 19.1 Å². The molecule has 1 N–H and O–H groups in total. The summed E-state index contributed by atoms with van der Waals surface area (Å²) in [7, 11) is 0. The van der Waals surface area contributed by atoms with Crippen molar-refractivity contribution in [2.75, 3.05) is 6.54 Å². The Labute approximate surface area is 185 Å². The van der Waals surface area contributed by atoms with Gasteiger partial charge in [0.1, 0.15) is 0 Å². The van der Waals surface area contributed by atoms with Crippen LogP contribution in [0.3, 0.4) is 0 Å². The molecule has 0 bridgehead atoms. The highest BCUT2D eigenvalue weighted by atomic mass is 16.5. The fourth-order valence-electron chi connectivity index (χ4n) is 3.05. The molecule has 0 spiro atoms. The van der Waals surface area contributed by atoms with Gasteiger partial charge < -0.3 is 9.84 Å². The van der Waals surface area contributed by atoms with Crippen molar-refractivity contribution in [2.45, 2.75) is 53.5 Å². The van der Waals surface area contributed by atoms with Crippen LogP contribution in [0.4, 0.5) is 0 Å². The molecule has 0 aliphatic rings. The summed E-state index contributed by atoms with van der Waals surface area (Å²) in [5, 5.41) is 10.9. The number of rotatable bonds is 9. The number of carbonyl (C=O) groups is 1. The van der Waals surface area contributed by atoms with Crippen LogP contribution in [0.25, 0.3) is 17.2 Å². The van der Waals surface area contributed by atoms with Gasteiger partial charge in [0.05, 0.1) is 5.69 Å². The number of aromatic nitrogens is 5. The first-order valence-electron chi connectivity index (χ1n) is 10.7. The SMILES string of the molecule is CCn1c(=O)c(-c2noc(CCC(=O)NCCC(C)C)n2)nn(-c2ccc(C)cc2)c1=O. The molecule has 1 amide bonds. The van der Waals surface area contributed by atoms with Crippen molar-refractivity contribution in [3.63, 3.8) is 0 Å². The van der Waals surface area contributed by atoms with Gasteiger partial charge in [-0.25, -0.2) is 4.79 Å². The molecule has 170 valence electrons. The average molecular weight is 441 g/mol. The lowest BCUT2D eigenvalue weighted by atomic mass is 10.1. The molecule has 0 atom stereocenters. The van der Waals surface area contributed by atoms with Crippen molar-refractivity contribution in [3.05, 3.63) is 56.6 Å². The molecule has 3 aromatic rings. The Kier molecular flexibility index (Phi) is 7.34. The normalized spacial score (nSPS) is 11.2. The van der Waals surface area contributed by atoms with Gasteiger partial charge in [-0.3, -0.25) is 14.2 Å². The van der Waals surface area contributed by atoms with Crippen molar-refractivity contribution in [2.24, 2.45) is 5.92 Å². The molecule has 0 fully saturated rings. The van der Waals surface area contributed by atoms with Crippen LogP contribution in [-0.2, 0) is 17.8 Å². The summed E-state index contributed by atoms with van der Waals surface area (Å²) in [5.74, 6) is 0.603. The zero-order valence-corrected chi connectivity index (χ0v) is 18.8. The van der Waals surface area contributed by atoms with E-state index < -0.39 is 11.2 Å². The smallest absolute Gasteiger partial charge is 0.352 e. The van der Waals surface area contributed by atoms with E-state index in [-0.39, 0.29) is 42.7 Å². The predicted octanol–water partition coefficient (Wildman–Crippen LogP) is 1.87. The number of aryl methyl sites for hydroxylation is 2. The second kappa shape index (κ2) is 10.2. The minimum absolute atomic E-state index is 0.0201. The molecular formula is C22H28N6O4. The maximum Gasteiger partial charge on any atom is 0.352 e. The van der Waals surface area contributed by atoms with E-state index in [1.165, 1.54) is 0 Å². The molecular weight excluding hydrogens is 412 g/mol. The summed E-state index contributed by atoms with van der Waals surface area (Å²) in [6, 6.07) is 7.20. The summed E-state index contributed by atoms with van der Waals surface area (Å²) < 4.78 is 7.44. The fourth-order valence-corrected chi connectivity index (χ4v) is 3.05. The molecule has 0 aliphatic carbocycles. The van der Waals surface area contributed by atoms with Crippen LogP contribution < -0.4 is 16.6 Å². The number of amides is 1. The lowest BCUT2D eigenvalue weighted by Crippen LogP contribution is -2.41. The van der Waals surface area contributed by atoms with E-state index in [1.54, 1.807) is 19.1 Å². The van der Waals surface area contributed by atoms with Crippen LogP contribution in [-0.4, -0.2) is 36.9 Å². The van der Waals surface area contributed by atoms with Crippen molar-refractivity contribution in [3.8, 4) is 17.2 Å². The van der Waals surface area contributed by atoms with Crippen molar-refractivity contribution in [1.29, 1.82) is 0 Å². The van der Waals surface area contributed by atoms with Gasteiger partial charge >= 0.3 is 5.69 Å². The van der Waals surface area contributed by atoms with E-state index in [0.29, 0.717) is 18.2 Å². The average Bonchev–Trinajstić information content (AvgIpc) is 3.22. The van der Waals surface area contributed by atoms with Gasteiger partial charge in [0.15, 0.2) is 5.69 Å². The molecule has 0 saturated carbocycles. The minimum Gasteiger partial charge on any atom is -0.356 e. The fraction of sp³-hybridized carbons (Fsp3) is 0.455. The Bertz CT molecular complexity index is 1190. The highest BCUT2D eigenvalue weighted by Crippen LogP contribution is 2.11. The molecule has 0 unspecified atom stereocenters. The Morgan fingerprint density at radius 3 is 2.56 bits per heavy atom. The van der Waals surface area contributed by atoms with E-state index in [2.05, 4.69) is 34.4 Å². The number of hydrogen-bond acceptors (Lipinski definition) is 7. The zero-order chi connectivity index (χ0) is 23.3. The second-order valence-corrected chi connectivity index (χ2v) is 7.97. The lowest BCUT2D eigenvalue weighted by molar-refractivity contribution is -0.121. The third-order valence-corrected chi connectivity index (χ3v) is 4.94. The van der Waals surface area contributed by atoms with E-state index in [0.717, 1.165) is 21.2 Å². The maximum absolute atomic E-state index is 12.8. The van der Waals surface area contributed by atoms with Gasteiger partial charge in [-0.1, -0.05) is 36.7 Å². The highest BCUT2D eigenvalue weighted by molar-refractivity contribution is 5.75. The minimum atomic E-state index is -0.598. The molecule has 0 aliphatic heterocycles. The third-order valence-electron chi connectivity index (χ3n) is 4.94. The molecule has 0 radical (unpaired) electrons. The van der Waals surface area contributed by atoms with Gasteiger partial charge in [0, 0.05) is 25.9 Å². The third kappa shape index (κ3) is 5.37. The van der Waals surface area contributed by atoms with Gasteiger partial charge in [-0.2, -0.15) is 14.8 Å². The first kappa shape index (κ1) is 23.1. The number of nitrogens with zero attached hydrogens (tertiary/aromatic N) is 5. The molecule has 1 aromatic carbocycles. The van der Waals surface area contributed by atoms with Crippen LogP contribution in [0.1, 0.15) is 45.1 Å². The van der Waals surface area contributed by atoms with E-state index in [4.69, 9.17) is 4.52 Å². The molecule has 0 saturated heterocycles. The Morgan fingerprint density at radius 1 is 1.19 bits per heavy atom. The van der Waals surface area contributed by atoms with Crippen LogP contribution in [0.15, 0.2) is 38.4 Å². The quantitative estimate of drug-likeness (QED) is 0.538. The van der Waals surface area contributed by atoms with E-state index >= 15 is 0 Å². The van der Waals surface area contributed by atoms with Crippen LogP contribution >= 0.6 is 0 Å². The summed E-state index contributed by atoms with van der Waals surface area (Å²) in [6.45, 7) is 8.60. The summed E-state index contributed by atoms with van der Waals surface area (Å²) in [5.41, 5.74) is 0.308. The summed E-state index contributed by atoms with van der Waals surface area (Å²) in [4.78, 5) is 41.8. The van der Waals surface area contributed by atoms with E-state index in [9.17, 15) is 14.4 Å². The number of carbonyl (C=O) groups excluding carboxylic acids is 1. The zero-order valence-electron chi connectivity index (χ0n) is 18.8. The predicted molar refractivity (Wildman–Crippen MR) is 119 cm³/mol. The number of benzene rings is 1. The maximum atomic E-state index is 12.8. The Hall–Kier alpha value is -3.56. The summed E-state index contributed by atoms with van der Waals surface area (Å²) >= 11 is 0. The van der Waals surface area contributed by atoms with Crippen molar-refractivity contribution >= 4 is 5.91 Å². The van der Waals surface area contributed by atoms with Crippen LogP contribution in [0.5, 0.6) is 0 Å². The second-order valence-electron chi connectivity index (χ2n) is 7.97. The van der Waals surface area contributed by atoms with Gasteiger partial charge in [0.2, 0.25) is 17.6 Å². The molecule has 10 nitrogen and oxygen atoms in total. The molecule has 32 heavy (non-hydrogen) atoms. The lowest BCUT2D eigenvalue weighted by Gasteiger charge is -2.09. The van der Waals surface area contributed by atoms with Crippen LogP contribution in [0.2, 0.25) is 0 Å². The number of nitrogens with one attached hydrogen (secondary N) is 1. The highest BCUT2D eigenvalue weighted by Gasteiger charge is 2.20. The summed E-state index contributed by atoms with van der Waals surface area (Å²) in [6.07, 6.45) is 1.33. The topological polar surface area (TPSA) is 125 Å². The monoisotopic (exact) mass is 440 g/mol. The van der Waals surface area contributed by atoms with Crippen molar-refractivity contribution < 1.29 is 9.32 Å². The molecule has 2 heterocycles. The first-order valence-corrected chi connectivity index (χ1v) is 10.7. The molecule has 3 rings (SSSR count).